The van der Waals surface area contributed by atoms with Gasteiger partial charge < -0.3 is 4.74 Å². The highest BCUT2D eigenvalue weighted by molar-refractivity contribution is 5.80. The SMILES string of the molecule is CCCCCCCc1cc(CCCCCCC)c2c(c1)CC(C(C)=O)C(C)(CCCCCCC)O2. The van der Waals surface area contributed by atoms with E-state index in [1.54, 1.807) is 6.92 Å². The summed E-state index contributed by atoms with van der Waals surface area (Å²) in [6.45, 7) is 10.8. The number of unbranched alkanes of at least 4 members (excludes halogenated alkanes) is 12. The molecule has 2 rings (SSSR count). The maximum Gasteiger partial charge on any atom is 0.137 e. The van der Waals surface area contributed by atoms with Crippen LogP contribution in [-0.4, -0.2) is 11.4 Å². The molecule has 0 amide bonds. The van der Waals surface area contributed by atoms with Crippen molar-refractivity contribution in [1.29, 1.82) is 0 Å². The van der Waals surface area contributed by atoms with Gasteiger partial charge in [-0.05, 0) is 75.5 Å². The highest BCUT2D eigenvalue weighted by atomic mass is 16.5. The first-order chi connectivity index (χ1) is 16.9. The molecule has 0 spiro atoms. The minimum absolute atomic E-state index is 0.0293. The average Bonchev–Trinajstić information content (AvgIpc) is 2.83. The first-order valence-electron chi connectivity index (χ1n) is 15.3. The van der Waals surface area contributed by atoms with Crippen LogP contribution < -0.4 is 4.74 Å². The molecule has 1 heterocycles. The minimum Gasteiger partial charge on any atom is -0.486 e. The van der Waals surface area contributed by atoms with E-state index in [-0.39, 0.29) is 17.3 Å². The van der Waals surface area contributed by atoms with Crippen molar-refractivity contribution in [1.82, 2.24) is 0 Å². The van der Waals surface area contributed by atoms with E-state index in [2.05, 4.69) is 39.8 Å². The number of carbonyl (C=O) groups excluding carboxylic acids is 1. The van der Waals surface area contributed by atoms with E-state index in [0.29, 0.717) is 0 Å². The monoisotopic (exact) mass is 484 g/mol. The molecule has 2 atom stereocenters. The highest BCUT2D eigenvalue weighted by Gasteiger charge is 2.43. The summed E-state index contributed by atoms with van der Waals surface area (Å²) in [7, 11) is 0. The lowest BCUT2D eigenvalue weighted by Crippen LogP contribution is -2.48. The van der Waals surface area contributed by atoms with E-state index < -0.39 is 0 Å². The second kappa shape index (κ2) is 16.4. The van der Waals surface area contributed by atoms with Crippen LogP contribution >= 0.6 is 0 Å². The van der Waals surface area contributed by atoms with E-state index in [0.717, 1.165) is 37.9 Å². The van der Waals surface area contributed by atoms with E-state index in [4.69, 9.17) is 4.74 Å². The Morgan fingerprint density at radius 2 is 1.34 bits per heavy atom. The second-order valence-corrected chi connectivity index (χ2v) is 11.5. The van der Waals surface area contributed by atoms with Crippen molar-refractivity contribution in [2.45, 2.75) is 162 Å². The predicted octanol–water partition coefficient (Wildman–Crippen LogP) is 9.97. The van der Waals surface area contributed by atoms with Crippen molar-refractivity contribution < 1.29 is 9.53 Å². The van der Waals surface area contributed by atoms with Gasteiger partial charge in [0.05, 0.1) is 5.92 Å². The average molecular weight is 485 g/mol. The summed E-state index contributed by atoms with van der Waals surface area (Å²) >= 11 is 0. The Bertz CT molecular complexity index is 737. The molecule has 0 N–H and O–H groups in total. The molecule has 0 fully saturated rings. The van der Waals surface area contributed by atoms with Crippen LogP contribution in [0.25, 0.3) is 0 Å². The van der Waals surface area contributed by atoms with Crippen molar-refractivity contribution in [2.24, 2.45) is 5.92 Å². The molecular weight excluding hydrogens is 428 g/mol. The third kappa shape index (κ3) is 9.93. The zero-order chi connectivity index (χ0) is 25.5. The molecule has 0 aromatic heterocycles. The Hall–Kier alpha value is -1.31. The van der Waals surface area contributed by atoms with Gasteiger partial charge in [-0.2, -0.15) is 0 Å². The van der Waals surface area contributed by atoms with Crippen LogP contribution in [0.1, 0.15) is 154 Å². The van der Waals surface area contributed by atoms with Crippen LogP contribution in [0.4, 0.5) is 0 Å². The van der Waals surface area contributed by atoms with E-state index in [1.165, 1.54) is 107 Å². The Labute approximate surface area is 218 Å². The smallest absolute Gasteiger partial charge is 0.137 e. The normalized spacial score (nSPS) is 19.4. The van der Waals surface area contributed by atoms with Gasteiger partial charge in [-0.3, -0.25) is 4.79 Å². The fourth-order valence-corrected chi connectivity index (χ4v) is 5.91. The molecule has 0 saturated carbocycles. The van der Waals surface area contributed by atoms with Crippen molar-refractivity contribution >= 4 is 5.78 Å². The molecule has 2 heteroatoms. The fourth-order valence-electron chi connectivity index (χ4n) is 5.91. The quantitative estimate of drug-likeness (QED) is 0.183. The largest absolute Gasteiger partial charge is 0.486 e. The number of ketones is 1. The van der Waals surface area contributed by atoms with E-state index >= 15 is 0 Å². The molecule has 35 heavy (non-hydrogen) atoms. The number of carbonyl (C=O) groups is 1. The summed E-state index contributed by atoms with van der Waals surface area (Å²) < 4.78 is 6.90. The number of aryl methyl sites for hydroxylation is 2. The lowest BCUT2D eigenvalue weighted by Gasteiger charge is -2.42. The maximum absolute atomic E-state index is 12.8. The fraction of sp³-hybridized carbons (Fsp3) is 0.788. The number of rotatable bonds is 19. The molecule has 2 nitrogen and oxygen atoms in total. The van der Waals surface area contributed by atoms with Gasteiger partial charge in [-0.1, -0.05) is 110 Å². The molecule has 1 aliphatic rings. The molecule has 0 saturated heterocycles. The van der Waals surface area contributed by atoms with Crippen molar-refractivity contribution in [2.75, 3.05) is 0 Å². The molecule has 0 bridgehead atoms. The zero-order valence-electron chi connectivity index (χ0n) is 24.0. The number of hydrogen-bond acceptors (Lipinski definition) is 2. The van der Waals surface area contributed by atoms with Crippen molar-refractivity contribution in [3.8, 4) is 5.75 Å². The maximum atomic E-state index is 12.8. The highest BCUT2D eigenvalue weighted by Crippen LogP contribution is 2.43. The Balaban J connectivity index is 2.20. The standard InChI is InChI=1S/C33H56O2/c1-6-9-12-15-18-21-28-24-29(22-19-16-13-10-7-2)32-30(25-28)26-31(27(4)34)33(5,35-32)23-20-17-14-11-8-3/h24-25,31H,6-23,26H2,1-5H3. The number of Topliss-reactive ketones (excluding diaryl/α,β-unsaturated/α-hetero) is 1. The van der Waals surface area contributed by atoms with Crippen LogP contribution in [0.2, 0.25) is 0 Å². The topological polar surface area (TPSA) is 26.3 Å². The van der Waals surface area contributed by atoms with E-state index in [9.17, 15) is 4.79 Å². The Kier molecular flexibility index (Phi) is 14.1. The van der Waals surface area contributed by atoms with Crippen LogP contribution in [0.5, 0.6) is 5.75 Å². The molecule has 1 aromatic rings. The molecule has 200 valence electrons. The lowest BCUT2D eigenvalue weighted by atomic mass is 9.75. The molecular formula is C33H56O2. The zero-order valence-corrected chi connectivity index (χ0v) is 24.0. The molecule has 1 aromatic carbocycles. The number of ether oxygens (including phenoxy) is 1. The third-order valence-electron chi connectivity index (χ3n) is 8.19. The van der Waals surface area contributed by atoms with Crippen molar-refractivity contribution in [3.05, 3.63) is 28.8 Å². The summed E-state index contributed by atoms with van der Waals surface area (Å²) in [4.78, 5) is 12.8. The molecule has 0 aliphatic carbocycles. The summed E-state index contributed by atoms with van der Waals surface area (Å²) in [5.74, 6) is 1.39. The van der Waals surface area contributed by atoms with Gasteiger partial charge in [0.2, 0.25) is 0 Å². The van der Waals surface area contributed by atoms with Crippen LogP contribution in [-0.2, 0) is 24.1 Å². The van der Waals surface area contributed by atoms with Gasteiger partial charge in [0.1, 0.15) is 17.1 Å². The Morgan fingerprint density at radius 3 is 1.91 bits per heavy atom. The van der Waals surface area contributed by atoms with Gasteiger partial charge >= 0.3 is 0 Å². The summed E-state index contributed by atoms with van der Waals surface area (Å²) in [5.41, 5.74) is 3.78. The number of hydrogen-bond donors (Lipinski definition) is 0. The van der Waals surface area contributed by atoms with Gasteiger partial charge in [0, 0.05) is 0 Å². The van der Waals surface area contributed by atoms with Crippen molar-refractivity contribution in [3.63, 3.8) is 0 Å². The predicted molar refractivity (Wildman–Crippen MR) is 152 cm³/mol. The first-order valence-corrected chi connectivity index (χ1v) is 15.3. The Morgan fingerprint density at radius 1 is 0.800 bits per heavy atom. The van der Waals surface area contributed by atoms with Crippen LogP contribution in [0.3, 0.4) is 0 Å². The van der Waals surface area contributed by atoms with E-state index in [1.807, 2.05) is 0 Å². The van der Waals surface area contributed by atoms with Crippen LogP contribution in [0, 0.1) is 5.92 Å². The first kappa shape index (κ1) is 29.9. The van der Waals surface area contributed by atoms with Gasteiger partial charge in [0.15, 0.2) is 0 Å². The second-order valence-electron chi connectivity index (χ2n) is 11.5. The lowest BCUT2D eigenvalue weighted by molar-refractivity contribution is -0.129. The van der Waals surface area contributed by atoms with Gasteiger partial charge in [-0.15, -0.1) is 0 Å². The number of benzene rings is 1. The van der Waals surface area contributed by atoms with Gasteiger partial charge in [-0.25, -0.2) is 0 Å². The van der Waals surface area contributed by atoms with Gasteiger partial charge in [0.25, 0.3) is 0 Å². The minimum atomic E-state index is -0.371. The number of fused-ring (bicyclic) bond motifs is 1. The molecule has 2 unspecified atom stereocenters. The summed E-state index contributed by atoms with van der Waals surface area (Å²) in [6, 6.07) is 4.83. The summed E-state index contributed by atoms with van der Waals surface area (Å²) in [5, 5.41) is 0. The molecule has 1 aliphatic heterocycles. The van der Waals surface area contributed by atoms with Crippen LogP contribution in [0.15, 0.2) is 12.1 Å². The summed E-state index contributed by atoms with van der Waals surface area (Å²) in [6.07, 6.45) is 23.4. The third-order valence-corrected chi connectivity index (χ3v) is 8.19. The molecule has 0 radical (unpaired) electrons.